The molecule has 1 aliphatic heterocycles. The van der Waals surface area contributed by atoms with Gasteiger partial charge in [-0.2, -0.15) is 13.2 Å². The molecule has 0 bridgehead atoms. The van der Waals surface area contributed by atoms with Crippen LogP contribution in [0, 0.1) is 6.92 Å². The fraction of sp³-hybridized carbons (Fsp3) is 0.368. The first-order valence-corrected chi connectivity index (χ1v) is 8.78. The number of hydrogen-bond acceptors (Lipinski definition) is 4. The zero-order chi connectivity index (χ0) is 19.0. The number of nitrogens with zero attached hydrogens (tertiary/aromatic N) is 2. The van der Waals surface area contributed by atoms with E-state index in [1.54, 1.807) is 25.1 Å². The van der Waals surface area contributed by atoms with Gasteiger partial charge in [0, 0.05) is 54.4 Å². The summed E-state index contributed by atoms with van der Waals surface area (Å²) in [7, 11) is 0. The van der Waals surface area contributed by atoms with Crippen molar-refractivity contribution in [1.29, 1.82) is 0 Å². The molecular weight excluding hydrogens is 357 g/mol. The Bertz CT molecular complexity index is 961. The van der Waals surface area contributed by atoms with Crippen LogP contribution in [-0.4, -0.2) is 34.2 Å². The third kappa shape index (κ3) is 3.62. The minimum Gasteiger partial charge on any atom is -0.381 e. The van der Waals surface area contributed by atoms with Crippen molar-refractivity contribution in [3.63, 3.8) is 0 Å². The summed E-state index contributed by atoms with van der Waals surface area (Å²) < 4.78 is 46.7. The van der Waals surface area contributed by atoms with Gasteiger partial charge in [-0.3, -0.25) is 4.98 Å². The zero-order valence-electron chi connectivity index (χ0n) is 14.7. The van der Waals surface area contributed by atoms with Gasteiger partial charge in [0.05, 0.1) is 16.8 Å². The number of fused-ring (bicyclic) bond motifs is 1. The van der Waals surface area contributed by atoms with E-state index in [0.29, 0.717) is 35.8 Å². The smallest absolute Gasteiger partial charge is 0.381 e. The normalized spacial score (nSPS) is 16.0. The maximum absolute atomic E-state index is 13.8. The van der Waals surface area contributed by atoms with Gasteiger partial charge in [0.2, 0.25) is 0 Å². The molecule has 4 rings (SSSR count). The molecule has 0 aromatic carbocycles. The summed E-state index contributed by atoms with van der Waals surface area (Å²) in [6.07, 6.45) is -0.0117. The molecule has 5 nitrogen and oxygen atoms in total. The van der Waals surface area contributed by atoms with Gasteiger partial charge in [0.15, 0.2) is 0 Å². The van der Waals surface area contributed by atoms with E-state index in [9.17, 15) is 13.2 Å². The van der Waals surface area contributed by atoms with Crippen LogP contribution in [-0.2, 0) is 10.9 Å². The standard InChI is InChI=1S/C19H19F3N4O/c1-11-8-12(2-5-23-11)18-17(19(20,21)22)14-10-24-16(9-15(14)26-18)25-13-3-6-27-7-4-13/h2,5,8-10,13,26H,3-4,6-7H2,1H3,(H,24,25). The number of pyridine rings is 2. The van der Waals surface area contributed by atoms with Gasteiger partial charge < -0.3 is 15.0 Å². The summed E-state index contributed by atoms with van der Waals surface area (Å²) in [5, 5.41) is 3.35. The molecule has 142 valence electrons. The van der Waals surface area contributed by atoms with E-state index in [0.717, 1.165) is 12.8 Å². The van der Waals surface area contributed by atoms with E-state index in [4.69, 9.17) is 4.74 Å². The second kappa shape index (κ2) is 6.84. The van der Waals surface area contributed by atoms with Crippen molar-refractivity contribution in [2.75, 3.05) is 18.5 Å². The Balaban J connectivity index is 1.78. The van der Waals surface area contributed by atoms with Crippen molar-refractivity contribution >= 4 is 16.7 Å². The van der Waals surface area contributed by atoms with E-state index < -0.39 is 11.7 Å². The minimum atomic E-state index is -4.50. The Morgan fingerprint density at radius 1 is 1.19 bits per heavy atom. The SMILES string of the molecule is Cc1cc(-c2[nH]c3cc(NC4CCOCC4)ncc3c2C(F)(F)F)ccn1. The highest BCUT2D eigenvalue weighted by atomic mass is 19.4. The Kier molecular flexibility index (Phi) is 4.51. The Morgan fingerprint density at radius 2 is 1.96 bits per heavy atom. The van der Waals surface area contributed by atoms with Crippen LogP contribution in [0.15, 0.2) is 30.6 Å². The van der Waals surface area contributed by atoms with Crippen LogP contribution in [0.1, 0.15) is 24.1 Å². The summed E-state index contributed by atoms with van der Waals surface area (Å²) in [6.45, 7) is 3.09. The Morgan fingerprint density at radius 3 is 2.67 bits per heavy atom. The first-order chi connectivity index (χ1) is 12.9. The maximum atomic E-state index is 13.8. The highest BCUT2D eigenvalue weighted by molar-refractivity contribution is 5.92. The summed E-state index contributed by atoms with van der Waals surface area (Å²) in [5.41, 5.74) is 0.835. The van der Waals surface area contributed by atoms with E-state index >= 15 is 0 Å². The number of H-pyrrole nitrogens is 1. The predicted octanol–water partition coefficient (Wildman–Crippen LogP) is 4.54. The van der Waals surface area contributed by atoms with E-state index in [-0.39, 0.29) is 17.1 Å². The number of hydrogen-bond donors (Lipinski definition) is 2. The molecule has 0 radical (unpaired) electrons. The largest absolute Gasteiger partial charge is 0.419 e. The van der Waals surface area contributed by atoms with Gasteiger partial charge in [0.25, 0.3) is 0 Å². The number of halogens is 3. The molecule has 0 saturated carbocycles. The molecule has 3 aromatic heterocycles. The number of alkyl halides is 3. The van der Waals surface area contributed by atoms with Crippen molar-refractivity contribution in [3.05, 3.63) is 41.9 Å². The molecule has 2 N–H and O–H groups in total. The lowest BCUT2D eigenvalue weighted by Gasteiger charge is -2.23. The van der Waals surface area contributed by atoms with Crippen LogP contribution >= 0.6 is 0 Å². The third-order valence-corrected chi connectivity index (χ3v) is 4.73. The first kappa shape index (κ1) is 17.8. The Hall–Kier alpha value is -2.61. The lowest BCUT2D eigenvalue weighted by molar-refractivity contribution is -0.135. The lowest BCUT2D eigenvalue weighted by atomic mass is 10.1. The van der Waals surface area contributed by atoms with Gasteiger partial charge in [-0.1, -0.05) is 0 Å². The van der Waals surface area contributed by atoms with Crippen LogP contribution in [0.25, 0.3) is 22.2 Å². The molecule has 27 heavy (non-hydrogen) atoms. The van der Waals surface area contributed by atoms with Crippen LogP contribution in [0.4, 0.5) is 19.0 Å². The number of nitrogens with one attached hydrogen (secondary N) is 2. The monoisotopic (exact) mass is 376 g/mol. The number of anilines is 1. The van der Waals surface area contributed by atoms with Crippen molar-refractivity contribution in [2.45, 2.75) is 32.0 Å². The molecule has 3 aromatic rings. The van der Waals surface area contributed by atoms with E-state index in [1.165, 1.54) is 12.4 Å². The molecule has 4 heterocycles. The van der Waals surface area contributed by atoms with E-state index in [1.807, 2.05) is 0 Å². The fourth-order valence-corrected chi connectivity index (χ4v) is 3.43. The molecule has 0 unspecified atom stereocenters. The van der Waals surface area contributed by atoms with Gasteiger partial charge in [-0.05, 0) is 31.9 Å². The van der Waals surface area contributed by atoms with E-state index in [2.05, 4.69) is 20.3 Å². The number of aromatic amines is 1. The van der Waals surface area contributed by atoms with Crippen molar-refractivity contribution in [1.82, 2.24) is 15.0 Å². The third-order valence-electron chi connectivity index (χ3n) is 4.73. The number of rotatable bonds is 3. The summed E-state index contributed by atoms with van der Waals surface area (Å²) >= 11 is 0. The van der Waals surface area contributed by atoms with Crippen molar-refractivity contribution in [3.8, 4) is 11.3 Å². The number of aromatic nitrogens is 3. The van der Waals surface area contributed by atoms with Gasteiger partial charge >= 0.3 is 6.18 Å². The molecule has 1 saturated heterocycles. The quantitative estimate of drug-likeness (QED) is 0.704. The minimum absolute atomic E-state index is 0.0352. The molecule has 0 spiro atoms. The summed E-state index contributed by atoms with van der Waals surface area (Å²) in [5.74, 6) is 0.557. The average Bonchev–Trinajstić information content (AvgIpc) is 3.02. The van der Waals surface area contributed by atoms with Crippen LogP contribution in [0.3, 0.4) is 0 Å². The van der Waals surface area contributed by atoms with Crippen molar-refractivity contribution in [2.24, 2.45) is 0 Å². The second-order valence-electron chi connectivity index (χ2n) is 6.70. The van der Waals surface area contributed by atoms with Crippen molar-refractivity contribution < 1.29 is 17.9 Å². The van der Waals surface area contributed by atoms with Gasteiger partial charge in [-0.25, -0.2) is 4.98 Å². The summed E-state index contributed by atoms with van der Waals surface area (Å²) in [4.78, 5) is 11.2. The highest BCUT2D eigenvalue weighted by Gasteiger charge is 2.37. The molecule has 1 fully saturated rings. The van der Waals surface area contributed by atoms with Crippen LogP contribution in [0.5, 0.6) is 0 Å². The van der Waals surface area contributed by atoms with Crippen LogP contribution in [0.2, 0.25) is 0 Å². The first-order valence-electron chi connectivity index (χ1n) is 8.78. The topological polar surface area (TPSA) is 62.8 Å². The van der Waals surface area contributed by atoms with Crippen LogP contribution < -0.4 is 5.32 Å². The van der Waals surface area contributed by atoms with Gasteiger partial charge in [-0.15, -0.1) is 0 Å². The number of ether oxygens (including phenoxy) is 1. The predicted molar refractivity (Wildman–Crippen MR) is 96.5 cm³/mol. The molecule has 8 heteroatoms. The van der Waals surface area contributed by atoms with Gasteiger partial charge in [0.1, 0.15) is 5.82 Å². The maximum Gasteiger partial charge on any atom is 0.419 e. The second-order valence-corrected chi connectivity index (χ2v) is 6.70. The average molecular weight is 376 g/mol. The molecular formula is C19H19F3N4O. The number of aryl methyl sites for hydroxylation is 1. The lowest BCUT2D eigenvalue weighted by Crippen LogP contribution is -2.28. The molecule has 0 atom stereocenters. The summed E-state index contributed by atoms with van der Waals surface area (Å²) in [6, 6.07) is 5.05. The molecule has 0 amide bonds. The molecule has 1 aliphatic rings. The highest BCUT2D eigenvalue weighted by Crippen LogP contribution is 2.42. The molecule has 0 aliphatic carbocycles. The Labute approximate surface area is 154 Å². The zero-order valence-corrected chi connectivity index (χ0v) is 14.7. The fourth-order valence-electron chi connectivity index (χ4n) is 3.43.